The number of rotatable bonds is 5. The van der Waals surface area contributed by atoms with Crippen molar-refractivity contribution in [3.8, 4) is 0 Å². The summed E-state index contributed by atoms with van der Waals surface area (Å²) in [6.07, 6.45) is 2.40. The van der Waals surface area contributed by atoms with E-state index >= 15 is 0 Å². The monoisotopic (exact) mass is 343 g/mol. The maximum Gasteiger partial charge on any atom is 0.145 e. The molecule has 0 radical (unpaired) electrons. The van der Waals surface area contributed by atoms with E-state index in [1.54, 1.807) is 13.0 Å². The topological polar surface area (TPSA) is 25.2 Å². The van der Waals surface area contributed by atoms with Crippen LogP contribution in [0.3, 0.4) is 0 Å². The van der Waals surface area contributed by atoms with Crippen LogP contribution in [-0.4, -0.2) is 6.54 Å². The van der Waals surface area contributed by atoms with Gasteiger partial charge in [0.25, 0.3) is 0 Å². The molecule has 0 aliphatic rings. The molecule has 2 aromatic rings. The molecule has 0 fully saturated rings. The number of hydrogen-bond acceptors (Lipinski definition) is 2. The van der Waals surface area contributed by atoms with E-state index in [-0.39, 0.29) is 10.0 Å². The van der Waals surface area contributed by atoms with Crippen molar-refractivity contribution in [1.29, 1.82) is 0 Å². The number of aryl methyl sites for hydroxylation is 1. The van der Waals surface area contributed by atoms with Crippen molar-refractivity contribution in [2.45, 2.75) is 26.3 Å². The van der Waals surface area contributed by atoms with Gasteiger partial charge in [-0.05, 0) is 54.0 Å². The first-order valence-corrected chi connectivity index (χ1v) is 7.25. The van der Waals surface area contributed by atoms with Gasteiger partial charge in [0.15, 0.2) is 0 Å². The minimum Gasteiger partial charge on any atom is -0.469 e. The second-order valence-corrected chi connectivity index (χ2v) is 5.49. The Morgan fingerprint density at radius 2 is 2.10 bits per heavy atom. The van der Waals surface area contributed by atoms with Crippen LogP contribution in [0.25, 0.3) is 0 Å². The molecule has 0 saturated heterocycles. The zero-order valence-electron chi connectivity index (χ0n) is 11.3. The summed E-state index contributed by atoms with van der Waals surface area (Å²) in [5.74, 6) is -0.449. The van der Waals surface area contributed by atoms with E-state index in [2.05, 4.69) is 21.2 Å². The molecule has 0 bridgehead atoms. The highest BCUT2D eigenvalue weighted by Crippen LogP contribution is 2.31. The quantitative estimate of drug-likeness (QED) is 0.794. The lowest BCUT2D eigenvalue weighted by Crippen LogP contribution is -2.25. The van der Waals surface area contributed by atoms with Crippen LogP contribution in [0, 0.1) is 18.6 Å². The number of nitrogens with one attached hydrogen (secondary N) is 1. The molecular formula is C15H16BrF2NO. The maximum absolute atomic E-state index is 14.3. The molecule has 108 valence electrons. The Morgan fingerprint density at radius 1 is 1.35 bits per heavy atom. The van der Waals surface area contributed by atoms with E-state index in [4.69, 9.17) is 4.42 Å². The van der Waals surface area contributed by atoms with Crippen molar-refractivity contribution >= 4 is 15.9 Å². The van der Waals surface area contributed by atoms with Crippen molar-refractivity contribution in [2.24, 2.45) is 0 Å². The molecule has 0 amide bonds. The number of furan rings is 1. The molecule has 1 heterocycles. The third kappa shape index (κ3) is 3.10. The van der Waals surface area contributed by atoms with Gasteiger partial charge in [-0.3, -0.25) is 0 Å². The first-order valence-electron chi connectivity index (χ1n) is 6.46. The van der Waals surface area contributed by atoms with Gasteiger partial charge in [0.1, 0.15) is 17.4 Å². The number of hydrogen-bond donors (Lipinski definition) is 1. The van der Waals surface area contributed by atoms with Crippen molar-refractivity contribution in [1.82, 2.24) is 5.32 Å². The van der Waals surface area contributed by atoms with Gasteiger partial charge in [-0.15, -0.1) is 0 Å². The van der Waals surface area contributed by atoms with Crippen LogP contribution >= 0.6 is 15.9 Å². The summed E-state index contributed by atoms with van der Waals surface area (Å²) in [4.78, 5) is 0. The standard InChI is InChI=1S/C15H16BrF2NO/c1-3-6-19-15(10-7-9(2)20-8-10)13-12(17)5-4-11(16)14(13)18/h4-5,7-8,15,19H,3,6H2,1-2H3. The second kappa shape index (κ2) is 6.50. The molecule has 0 saturated carbocycles. The lowest BCUT2D eigenvalue weighted by atomic mass is 9.99. The van der Waals surface area contributed by atoms with Crippen LogP contribution in [0.4, 0.5) is 8.78 Å². The second-order valence-electron chi connectivity index (χ2n) is 4.63. The zero-order chi connectivity index (χ0) is 14.7. The molecule has 1 atom stereocenters. The highest BCUT2D eigenvalue weighted by atomic mass is 79.9. The van der Waals surface area contributed by atoms with Gasteiger partial charge in [-0.25, -0.2) is 8.78 Å². The normalized spacial score (nSPS) is 12.7. The lowest BCUT2D eigenvalue weighted by Gasteiger charge is -2.19. The molecule has 5 heteroatoms. The molecule has 1 unspecified atom stereocenters. The van der Waals surface area contributed by atoms with Gasteiger partial charge in [0.2, 0.25) is 0 Å². The van der Waals surface area contributed by atoms with Crippen molar-refractivity contribution in [3.63, 3.8) is 0 Å². The van der Waals surface area contributed by atoms with E-state index in [1.165, 1.54) is 18.4 Å². The van der Waals surface area contributed by atoms with E-state index in [0.29, 0.717) is 17.9 Å². The summed E-state index contributed by atoms with van der Waals surface area (Å²) in [6, 6.07) is 3.85. The summed E-state index contributed by atoms with van der Waals surface area (Å²) in [6.45, 7) is 4.45. The first-order chi connectivity index (χ1) is 9.54. The molecule has 1 aromatic heterocycles. The Balaban J connectivity index is 2.49. The molecule has 1 aromatic carbocycles. The van der Waals surface area contributed by atoms with Gasteiger partial charge in [0, 0.05) is 11.1 Å². The minimum atomic E-state index is -0.586. The lowest BCUT2D eigenvalue weighted by molar-refractivity contribution is 0.492. The highest BCUT2D eigenvalue weighted by Gasteiger charge is 2.24. The van der Waals surface area contributed by atoms with Crippen LogP contribution in [0.1, 0.15) is 36.3 Å². The van der Waals surface area contributed by atoms with Gasteiger partial charge in [-0.2, -0.15) is 0 Å². The summed E-state index contributed by atoms with van der Waals surface area (Å²) in [7, 11) is 0. The van der Waals surface area contributed by atoms with E-state index < -0.39 is 17.7 Å². The molecule has 0 spiro atoms. The Hall–Kier alpha value is -1.20. The van der Waals surface area contributed by atoms with Crippen LogP contribution in [0.15, 0.2) is 33.4 Å². The predicted octanol–water partition coefficient (Wildman–Crippen LogP) is 4.72. The zero-order valence-corrected chi connectivity index (χ0v) is 12.9. The smallest absolute Gasteiger partial charge is 0.145 e. The number of benzene rings is 1. The van der Waals surface area contributed by atoms with Gasteiger partial charge < -0.3 is 9.73 Å². The van der Waals surface area contributed by atoms with Gasteiger partial charge in [0.05, 0.1) is 16.8 Å². The Morgan fingerprint density at radius 3 is 2.70 bits per heavy atom. The van der Waals surface area contributed by atoms with Gasteiger partial charge in [-0.1, -0.05) is 6.92 Å². The van der Waals surface area contributed by atoms with Crippen molar-refractivity contribution in [3.05, 3.63) is 57.5 Å². The summed E-state index contributed by atoms with van der Waals surface area (Å²) < 4.78 is 33.9. The van der Waals surface area contributed by atoms with Crippen molar-refractivity contribution < 1.29 is 13.2 Å². The van der Waals surface area contributed by atoms with Crippen LogP contribution < -0.4 is 5.32 Å². The highest BCUT2D eigenvalue weighted by molar-refractivity contribution is 9.10. The average Bonchev–Trinajstić information content (AvgIpc) is 2.84. The third-order valence-electron chi connectivity index (χ3n) is 3.05. The molecule has 2 nitrogen and oxygen atoms in total. The number of halogens is 3. The molecule has 20 heavy (non-hydrogen) atoms. The fraction of sp³-hybridized carbons (Fsp3) is 0.333. The fourth-order valence-corrected chi connectivity index (χ4v) is 2.44. The average molecular weight is 344 g/mol. The minimum absolute atomic E-state index is 0.00799. The molecule has 0 aliphatic heterocycles. The predicted molar refractivity (Wildman–Crippen MR) is 77.6 cm³/mol. The molecular weight excluding hydrogens is 328 g/mol. The summed E-state index contributed by atoms with van der Waals surface area (Å²) >= 11 is 3.10. The van der Waals surface area contributed by atoms with E-state index in [0.717, 1.165) is 6.42 Å². The van der Waals surface area contributed by atoms with Gasteiger partial charge >= 0.3 is 0 Å². The Bertz CT molecular complexity index is 598. The van der Waals surface area contributed by atoms with Crippen LogP contribution in [0.2, 0.25) is 0 Å². The van der Waals surface area contributed by atoms with E-state index in [9.17, 15) is 8.78 Å². The maximum atomic E-state index is 14.3. The third-order valence-corrected chi connectivity index (χ3v) is 3.66. The first kappa shape index (κ1) is 15.2. The molecule has 0 aliphatic carbocycles. The Labute approximate surface area is 125 Å². The SMILES string of the molecule is CCCNC(c1coc(C)c1)c1c(F)ccc(Br)c1F. The van der Waals surface area contributed by atoms with Crippen LogP contribution in [0.5, 0.6) is 0 Å². The van der Waals surface area contributed by atoms with E-state index in [1.807, 2.05) is 6.92 Å². The summed E-state index contributed by atoms with van der Waals surface area (Å²) in [5, 5.41) is 3.16. The fourth-order valence-electron chi connectivity index (χ4n) is 2.10. The van der Waals surface area contributed by atoms with Crippen molar-refractivity contribution in [2.75, 3.05) is 6.54 Å². The largest absolute Gasteiger partial charge is 0.469 e. The molecule has 2 rings (SSSR count). The summed E-state index contributed by atoms with van der Waals surface area (Å²) in [5.41, 5.74) is 0.723. The van der Waals surface area contributed by atoms with Crippen LogP contribution in [-0.2, 0) is 0 Å². The molecule has 1 N–H and O–H groups in total. The Kier molecular flexibility index (Phi) is 4.94.